The van der Waals surface area contributed by atoms with Gasteiger partial charge in [0.15, 0.2) is 0 Å². The van der Waals surface area contributed by atoms with E-state index in [1.807, 2.05) is 0 Å². The molecule has 0 aliphatic rings. The second kappa shape index (κ2) is 17.8. The van der Waals surface area contributed by atoms with Crippen LogP contribution in [0.2, 0.25) is 0 Å². The molecule has 0 fully saturated rings. The Morgan fingerprint density at radius 2 is 1.58 bits per heavy atom. The average Bonchev–Trinajstić information content (AvgIpc) is 2.55. The van der Waals surface area contributed by atoms with Crippen molar-refractivity contribution in [1.29, 1.82) is 0 Å². The third-order valence-corrected chi connectivity index (χ3v) is 3.73. The molecule has 0 spiro atoms. The van der Waals surface area contributed by atoms with Gasteiger partial charge in [-0.05, 0) is 44.9 Å². The topological polar surface area (TPSA) is 75.6 Å². The number of alkyl carbamates (subject to hydrolysis) is 1. The molecule has 1 amide bonds. The first kappa shape index (κ1) is 22.5. The standard InChI is InChI=1S/C19H35NO4/c1-2-3-14-17-24-19(23)20-16-13-11-9-7-5-4-6-8-10-12-15-18(21)22/h5,7H,2-4,6,8-17H2,1H3,(H,20,23)(H,21,22)/b7-5-. The predicted octanol–water partition coefficient (Wildman–Crippen LogP) is 5.05. The molecule has 5 heteroatoms. The van der Waals surface area contributed by atoms with E-state index in [4.69, 9.17) is 9.84 Å². The monoisotopic (exact) mass is 341 g/mol. The fraction of sp³-hybridized carbons (Fsp3) is 0.789. The van der Waals surface area contributed by atoms with Crippen LogP contribution in [-0.2, 0) is 9.53 Å². The molecule has 0 aromatic heterocycles. The Morgan fingerprint density at radius 1 is 0.917 bits per heavy atom. The van der Waals surface area contributed by atoms with Gasteiger partial charge in [-0.2, -0.15) is 0 Å². The van der Waals surface area contributed by atoms with Gasteiger partial charge in [0.1, 0.15) is 0 Å². The van der Waals surface area contributed by atoms with Gasteiger partial charge >= 0.3 is 12.1 Å². The summed E-state index contributed by atoms with van der Waals surface area (Å²) >= 11 is 0. The summed E-state index contributed by atoms with van der Waals surface area (Å²) in [5.41, 5.74) is 0. The first-order valence-electron chi connectivity index (χ1n) is 9.44. The number of aliphatic carboxylic acids is 1. The van der Waals surface area contributed by atoms with E-state index in [9.17, 15) is 9.59 Å². The molecule has 140 valence electrons. The van der Waals surface area contributed by atoms with Gasteiger partial charge in [-0.3, -0.25) is 4.79 Å². The molecule has 0 aromatic rings. The fourth-order valence-electron chi connectivity index (χ4n) is 2.27. The third-order valence-electron chi connectivity index (χ3n) is 3.73. The zero-order chi connectivity index (χ0) is 17.9. The molecule has 5 nitrogen and oxygen atoms in total. The summed E-state index contributed by atoms with van der Waals surface area (Å²) < 4.78 is 5.06. The molecular weight excluding hydrogens is 306 g/mol. The van der Waals surface area contributed by atoms with Gasteiger partial charge < -0.3 is 15.2 Å². The van der Waals surface area contributed by atoms with Crippen molar-refractivity contribution in [3.63, 3.8) is 0 Å². The maximum absolute atomic E-state index is 11.3. The molecule has 0 heterocycles. The lowest BCUT2D eigenvalue weighted by Crippen LogP contribution is -2.25. The minimum Gasteiger partial charge on any atom is -0.481 e. The van der Waals surface area contributed by atoms with Gasteiger partial charge in [-0.15, -0.1) is 0 Å². The van der Waals surface area contributed by atoms with Crippen LogP contribution in [-0.4, -0.2) is 30.3 Å². The van der Waals surface area contributed by atoms with Crippen LogP contribution in [0.4, 0.5) is 4.79 Å². The van der Waals surface area contributed by atoms with Crippen LogP contribution in [0.25, 0.3) is 0 Å². The number of allylic oxidation sites excluding steroid dienone is 2. The Balaban J connectivity index is 3.23. The molecule has 0 bridgehead atoms. The van der Waals surface area contributed by atoms with Crippen molar-refractivity contribution in [3.05, 3.63) is 12.2 Å². The first-order chi connectivity index (χ1) is 11.7. The summed E-state index contributed by atoms with van der Waals surface area (Å²) in [5.74, 6) is -0.700. The van der Waals surface area contributed by atoms with Crippen LogP contribution in [0, 0.1) is 0 Å². The highest BCUT2D eigenvalue weighted by Gasteiger charge is 1.99. The summed E-state index contributed by atoms with van der Waals surface area (Å²) in [6.07, 6.45) is 15.7. The van der Waals surface area contributed by atoms with E-state index in [1.54, 1.807) is 0 Å². The van der Waals surface area contributed by atoms with Crippen molar-refractivity contribution in [2.24, 2.45) is 0 Å². The van der Waals surface area contributed by atoms with E-state index in [0.717, 1.165) is 70.6 Å². The lowest BCUT2D eigenvalue weighted by Gasteiger charge is -2.06. The SMILES string of the molecule is CCCCCOC(=O)NCCCC/C=C\CCCCCCC(=O)O. The lowest BCUT2D eigenvalue weighted by atomic mass is 10.1. The minimum atomic E-state index is -0.700. The molecule has 0 aromatic carbocycles. The Hall–Kier alpha value is -1.52. The molecule has 0 saturated carbocycles. The van der Waals surface area contributed by atoms with Crippen LogP contribution in [0.3, 0.4) is 0 Å². The summed E-state index contributed by atoms with van der Waals surface area (Å²) in [6.45, 7) is 3.31. The largest absolute Gasteiger partial charge is 0.481 e. The summed E-state index contributed by atoms with van der Waals surface area (Å²) in [7, 11) is 0. The smallest absolute Gasteiger partial charge is 0.407 e. The molecular formula is C19H35NO4. The van der Waals surface area contributed by atoms with Crippen LogP contribution in [0.1, 0.15) is 84.0 Å². The maximum atomic E-state index is 11.3. The Kier molecular flexibility index (Phi) is 16.7. The average molecular weight is 341 g/mol. The number of hydrogen-bond acceptors (Lipinski definition) is 3. The van der Waals surface area contributed by atoms with Crippen LogP contribution >= 0.6 is 0 Å². The highest BCUT2D eigenvalue weighted by molar-refractivity contribution is 5.67. The zero-order valence-electron chi connectivity index (χ0n) is 15.2. The number of carbonyl (C=O) groups is 2. The first-order valence-corrected chi connectivity index (χ1v) is 9.44. The highest BCUT2D eigenvalue weighted by Crippen LogP contribution is 2.06. The van der Waals surface area contributed by atoms with E-state index in [2.05, 4.69) is 24.4 Å². The van der Waals surface area contributed by atoms with E-state index in [-0.39, 0.29) is 12.5 Å². The molecule has 0 aliphatic carbocycles. The van der Waals surface area contributed by atoms with Gasteiger partial charge in [-0.1, -0.05) is 44.8 Å². The number of unbranched alkanes of at least 4 members (excludes halogenated alkanes) is 8. The summed E-state index contributed by atoms with van der Waals surface area (Å²) in [4.78, 5) is 21.7. The molecule has 0 aliphatic heterocycles. The number of carbonyl (C=O) groups excluding carboxylic acids is 1. The van der Waals surface area contributed by atoms with Gasteiger partial charge in [0, 0.05) is 13.0 Å². The second-order valence-electron chi connectivity index (χ2n) is 6.08. The maximum Gasteiger partial charge on any atom is 0.407 e. The van der Waals surface area contributed by atoms with Gasteiger partial charge in [0.05, 0.1) is 6.61 Å². The van der Waals surface area contributed by atoms with E-state index >= 15 is 0 Å². The Morgan fingerprint density at radius 3 is 2.25 bits per heavy atom. The molecule has 0 radical (unpaired) electrons. The van der Waals surface area contributed by atoms with Crippen molar-refractivity contribution >= 4 is 12.1 Å². The molecule has 0 atom stereocenters. The Bertz CT molecular complexity index is 342. The third kappa shape index (κ3) is 18.5. The molecule has 24 heavy (non-hydrogen) atoms. The minimum absolute atomic E-state index is 0.288. The summed E-state index contributed by atoms with van der Waals surface area (Å²) in [6, 6.07) is 0. The van der Waals surface area contributed by atoms with E-state index in [0.29, 0.717) is 13.2 Å². The van der Waals surface area contributed by atoms with Gasteiger partial charge in [0.2, 0.25) is 0 Å². The normalized spacial score (nSPS) is 10.9. The number of hydrogen-bond donors (Lipinski definition) is 2. The van der Waals surface area contributed by atoms with Crippen molar-refractivity contribution in [2.75, 3.05) is 13.2 Å². The highest BCUT2D eigenvalue weighted by atomic mass is 16.5. The van der Waals surface area contributed by atoms with Gasteiger partial charge in [-0.25, -0.2) is 4.79 Å². The number of carboxylic acids is 1. The van der Waals surface area contributed by atoms with Gasteiger partial charge in [0.25, 0.3) is 0 Å². The molecule has 0 rings (SSSR count). The fourth-order valence-corrected chi connectivity index (χ4v) is 2.27. The number of ether oxygens (including phenoxy) is 1. The number of amides is 1. The van der Waals surface area contributed by atoms with E-state index in [1.165, 1.54) is 0 Å². The summed E-state index contributed by atoms with van der Waals surface area (Å²) in [5, 5.41) is 11.3. The van der Waals surface area contributed by atoms with Crippen LogP contribution in [0.15, 0.2) is 12.2 Å². The number of rotatable bonds is 16. The molecule has 0 saturated heterocycles. The Labute approximate surface area is 146 Å². The van der Waals surface area contributed by atoms with E-state index < -0.39 is 5.97 Å². The van der Waals surface area contributed by atoms with Crippen LogP contribution in [0.5, 0.6) is 0 Å². The quantitative estimate of drug-likeness (QED) is 0.304. The predicted molar refractivity (Wildman–Crippen MR) is 97.2 cm³/mol. The van der Waals surface area contributed by atoms with Crippen molar-refractivity contribution in [2.45, 2.75) is 84.0 Å². The second-order valence-corrected chi connectivity index (χ2v) is 6.08. The number of carboxylic acid groups (broad SMARTS) is 1. The number of nitrogens with one attached hydrogen (secondary N) is 1. The zero-order valence-corrected chi connectivity index (χ0v) is 15.2. The molecule has 2 N–H and O–H groups in total. The van der Waals surface area contributed by atoms with Crippen LogP contribution < -0.4 is 5.32 Å². The van der Waals surface area contributed by atoms with Crippen molar-refractivity contribution < 1.29 is 19.4 Å². The van der Waals surface area contributed by atoms with Crippen molar-refractivity contribution in [3.8, 4) is 0 Å². The molecule has 0 unspecified atom stereocenters. The lowest BCUT2D eigenvalue weighted by molar-refractivity contribution is -0.137. The van der Waals surface area contributed by atoms with Crippen molar-refractivity contribution in [1.82, 2.24) is 5.32 Å².